The first-order chi connectivity index (χ1) is 9.13. The van der Waals surface area contributed by atoms with Crippen LogP contribution < -0.4 is 10.6 Å². The van der Waals surface area contributed by atoms with Crippen molar-refractivity contribution in [3.63, 3.8) is 0 Å². The molecule has 0 aliphatic heterocycles. The van der Waals surface area contributed by atoms with Gasteiger partial charge in [-0.1, -0.05) is 6.07 Å². The fourth-order valence-corrected chi connectivity index (χ4v) is 3.10. The van der Waals surface area contributed by atoms with Crippen LogP contribution in [0.15, 0.2) is 22.7 Å². The van der Waals surface area contributed by atoms with Gasteiger partial charge >= 0.3 is 0 Å². The van der Waals surface area contributed by atoms with Gasteiger partial charge in [-0.2, -0.15) is 0 Å². The van der Waals surface area contributed by atoms with Crippen molar-refractivity contribution >= 4 is 21.6 Å². The first-order valence-electron chi connectivity index (χ1n) is 7.06. The van der Waals surface area contributed by atoms with Gasteiger partial charge in [-0.3, -0.25) is 0 Å². The second kappa shape index (κ2) is 6.73. The number of hydrogen-bond donors (Lipinski definition) is 2. The Morgan fingerprint density at radius 1 is 1.47 bits per heavy atom. The predicted molar refractivity (Wildman–Crippen MR) is 83.4 cm³/mol. The van der Waals surface area contributed by atoms with E-state index in [9.17, 15) is 0 Å². The summed E-state index contributed by atoms with van der Waals surface area (Å²) in [7, 11) is 0. The smallest absolute Gasteiger partial charge is 0.0513 e. The van der Waals surface area contributed by atoms with E-state index in [-0.39, 0.29) is 12.6 Å². The summed E-state index contributed by atoms with van der Waals surface area (Å²) in [6, 6.07) is 7.06. The number of aliphatic hydroxyl groups is 1. The Morgan fingerprint density at radius 2 is 2.21 bits per heavy atom. The Morgan fingerprint density at radius 3 is 2.68 bits per heavy atom. The van der Waals surface area contributed by atoms with Crippen molar-refractivity contribution < 1.29 is 5.11 Å². The Bertz CT molecular complexity index is 419. The van der Waals surface area contributed by atoms with Crippen molar-refractivity contribution in [3.8, 4) is 0 Å². The molecule has 3 nitrogen and oxygen atoms in total. The summed E-state index contributed by atoms with van der Waals surface area (Å²) < 4.78 is 1.10. The van der Waals surface area contributed by atoms with Gasteiger partial charge in [0.25, 0.3) is 0 Å². The molecule has 0 unspecified atom stereocenters. The summed E-state index contributed by atoms with van der Waals surface area (Å²) in [6.07, 6.45) is 4.65. The lowest BCUT2D eigenvalue weighted by molar-refractivity contribution is 0.283. The van der Waals surface area contributed by atoms with Gasteiger partial charge in [-0.25, -0.2) is 0 Å². The van der Waals surface area contributed by atoms with Gasteiger partial charge in [0.05, 0.1) is 5.69 Å². The molecule has 1 atom stereocenters. The predicted octanol–water partition coefficient (Wildman–Crippen LogP) is 3.21. The molecule has 0 aromatic heterocycles. The van der Waals surface area contributed by atoms with E-state index in [4.69, 9.17) is 10.8 Å². The molecule has 3 N–H and O–H groups in total. The van der Waals surface area contributed by atoms with E-state index in [0.717, 1.165) is 23.0 Å². The highest BCUT2D eigenvalue weighted by atomic mass is 79.9. The molecule has 2 rings (SSSR count). The van der Waals surface area contributed by atoms with Crippen molar-refractivity contribution in [3.05, 3.63) is 28.2 Å². The Balaban J connectivity index is 2.20. The number of aliphatic hydroxyl groups excluding tert-OH is 1. The van der Waals surface area contributed by atoms with Crippen molar-refractivity contribution in [1.82, 2.24) is 0 Å². The molecular weight excluding hydrogens is 304 g/mol. The Labute approximate surface area is 123 Å². The maximum atomic E-state index is 9.07. The first-order valence-corrected chi connectivity index (χ1v) is 7.85. The molecule has 0 saturated heterocycles. The van der Waals surface area contributed by atoms with Gasteiger partial charge in [0.1, 0.15) is 0 Å². The van der Waals surface area contributed by atoms with Crippen LogP contribution in [0, 0.1) is 0 Å². The molecule has 0 bridgehead atoms. The zero-order valence-electron chi connectivity index (χ0n) is 11.5. The zero-order chi connectivity index (χ0) is 13.8. The highest BCUT2D eigenvalue weighted by molar-refractivity contribution is 9.10. The van der Waals surface area contributed by atoms with Gasteiger partial charge in [0.15, 0.2) is 0 Å². The number of rotatable bonds is 6. The summed E-state index contributed by atoms with van der Waals surface area (Å²) in [6.45, 7) is 3.16. The largest absolute Gasteiger partial charge is 0.396 e. The molecule has 1 aliphatic rings. The van der Waals surface area contributed by atoms with Crippen LogP contribution in [0.25, 0.3) is 0 Å². The zero-order valence-corrected chi connectivity index (χ0v) is 13.1. The lowest BCUT2D eigenvalue weighted by Gasteiger charge is -2.40. The van der Waals surface area contributed by atoms with Crippen LogP contribution >= 0.6 is 15.9 Å². The summed E-state index contributed by atoms with van der Waals surface area (Å²) >= 11 is 3.67. The SMILES string of the molecule is C[C@H](N)c1ccc(N(CCCO)C2CCC2)c(Br)c1. The highest BCUT2D eigenvalue weighted by Crippen LogP contribution is 2.35. The van der Waals surface area contributed by atoms with Gasteiger partial charge in [0.2, 0.25) is 0 Å². The lowest BCUT2D eigenvalue weighted by Crippen LogP contribution is -2.41. The molecule has 0 spiro atoms. The summed E-state index contributed by atoms with van der Waals surface area (Å²) in [5, 5.41) is 9.07. The molecule has 4 heteroatoms. The van der Waals surface area contributed by atoms with Crippen LogP contribution in [0.1, 0.15) is 44.2 Å². The van der Waals surface area contributed by atoms with E-state index in [1.807, 2.05) is 6.92 Å². The second-order valence-electron chi connectivity index (χ2n) is 5.35. The van der Waals surface area contributed by atoms with E-state index in [1.54, 1.807) is 0 Å². The number of nitrogens with zero attached hydrogens (tertiary/aromatic N) is 1. The minimum absolute atomic E-state index is 0.0555. The Hall–Kier alpha value is -0.580. The maximum absolute atomic E-state index is 9.07. The molecule has 1 aliphatic carbocycles. The molecule has 106 valence electrons. The number of nitrogens with two attached hydrogens (primary N) is 1. The third-order valence-electron chi connectivity index (χ3n) is 3.88. The number of benzene rings is 1. The summed E-state index contributed by atoms with van der Waals surface area (Å²) in [4.78, 5) is 2.43. The third kappa shape index (κ3) is 3.50. The monoisotopic (exact) mass is 326 g/mol. The highest BCUT2D eigenvalue weighted by Gasteiger charge is 2.26. The molecule has 1 aromatic rings. The van der Waals surface area contributed by atoms with Crippen LogP contribution in [0.5, 0.6) is 0 Å². The minimum Gasteiger partial charge on any atom is -0.396 e. The van der Waals surface area contributed by atoms with Crippen LogP contribution in [-0.2, 0) is 0 Å². The summed E-state index contributed by atoms with van der Waals surface area (Å²) in [5.74, 6) is 0. The van der Waals surface area contributed by atoms with E-state index < -0.39 is 0 Å². The molecule has 1 fully saturated rings. The molecule has 1 aromatic carbocycles. The van der Waals surface area contributed by atoms with Crippen molar-refractivity contribution in [2.24, 2.45) is 5.73 Å². The number of halogens is 1. The van der Waals surface area contributed by atoms with Crippen molar-refractivity contribution in [2.75, 3.05) is 18.1 Å². The van der Waals surface area contributed by atoms with Crippen LogP contribution in [0.3, 0.4) is 0 Å². The van der Waals surface area contributed by atoms with Crippen molar-refractivity contribution in [1.29, 1.82) is 0 Å². The average molecular weight is 327 g/mol. The molecule has 0 radical (unpaired) electrons. The maximum Gasteiger partial charge on any atom is 0.0513 e. The van der Waals surface area contributed by atoms with E-state index in [1.165, 1.54) is 24.9 Å². The van der Waals surface area contributed by atoms with E-state index >= 15 is 0 Å². The lowest BCUT2D eigenvalue weighted by atomic mass is 9.90. The van der Waals surface area contributed by atoms with E-state index in [0.29, 0.717) is 6.04 Å². The molecule has 0 amide bonds. The van der Waals surface area contributed by atoms with Gasteiger partial charge in [-0.15, -0.1) is 0 Å². The van der Waals surface area contributed by atoms with Gasteiger partial charge in [-0.05, 0) is 66.2 Å². The van der Waals surface area contributed by atoms with Crippen LogP contribution in [-0.4, -0.2) is 24.3 Å². The standard InChI is InChI=1S/C15H23BrN2O/c1-11(17)12-6-7-15(14(16)10-12)18(8-3-9-19)13-4-2-5-13/h6-7,10-11,13,19H,2-5,8-9,17H2,1H3/t11-/m0/s1. The van der Waals surface area contributed by atoms with Crippen LogP contribution in [0.4, 0.5) is 5.69 Å². The quantitative estimate of drug-likeness (QED) is 0.843. The second-order valence-corrected chi connectivity index (χ2v) is 6.21. The molecule has 0 heterocycles. The average Bonchev–Trinajstić information content (AvgIpc) is 2.32. The normalized spacial score (nSPS) is 17.1. The number of anilines is 1. The van der Waals surface area contributed by atoms with Crippen LogP contribution in [0.2, 0.25) is 0 Å². The fourth-order valence-electron chi connectivity index (χ4n) is 2.48. The number of hydrogen-bond acceptors (Lipinski definition) is 3. The molecule has 1 saturated carbocycles. The van der Waals surface area contributed by atoms with Gasteiger partial charge in [0, 0.05) is 29.7 Å². The Kier molecular flexibility index (Phi) is 5.25. The first kappa shape index (κ1) is 14.8. The van der Waals surface area contributed by atoms with E-state index in [2.05, 4.69) is 39.0 Å². The topological polar surface area (TPSA) is 49.5 Å². The third-order valence-corrected chi connectivity index (χ3v) is 4.51. The van der Waals surface area contributed by atoms with Crippen molar-refractivity contribution in [2.45, 2.75) is 44.7 Å². The molecule has 19 heavy (non-hydrogen) atoms. The summed E-state index contributed by atoms with van der Waals surface area (Å²) in [5.41, 5.74) is 8.29. The minimum atomic E-state index is 0.0555. The fraction of sp³-hybridized carbons (Fsp3) is 0.600. The van der Waals surface area contributed by atoms with Gasteiger partial charge < -0.3 is 15.7 Å². The molecular formula is C15H23BrN2O.